The zero-order valence-electron chi connectivity index (χ0n) is 11.2. The Hall–Kier alpha value is -1.46. The maximum Gasteiger partial charge on any atom is 0.317 e. The summed E-state index contributed by atoms with van der Waals surface area (Å²) in [5, 5.41) is 12.5. The number of aliphatic hydroxyl groups excluding tert-OH is 1. The van der Waals surface area contributed by atoms with E-state index in [9.17, 15) is 4.79 Å². The number of urea groups is 1. The summed E-state index contributed by atoms with van der Waals surface area (Å²) in [6.07, 6.45) is 0.864. The lowest BCUT2D eigenvalue weighted by molar-refractivity contribution is 0.195. The van der Waals surface area contributed by atoms with E-state index in [4.69, 9.17) is 21.4 Å². The number of amides is 2. The van der Waals surface area contributed by atoms with Crippen molar-refractivity contribution in [1.82, 2.24) is 10.2 Å². The van der Waals surface area contributed by atoms with Crippen LogP contribution in [0.5, 0.6) is 5.75 Å². The number of ether oxygens (including phenoxy) is 1. The molecule has 0 aliphatic carbocycles. The van der Waals surface area contributed by atoms with E-state index in [1.54, 1.807) is 17.0 Å². The van der Waals surface area contributed by atoms with Crippen LogP contribution in [0.4, 0.5) is 4.79 Å². The van der Waals surface area contributed by atoms with E-state index in [1.165, 1.54) is 0 Å². The summed E-state index contributed by atoms with van der Waals surface area (Å²) in [7, 11) is 0. The van der Waals surface area contributed by atoms with E-state index < -0.39 is 0 Å². The van der Waals surface area contributed by atoms with Gasteiger partial charge in [-0.1, -0.05) is 17.7 Å². The van der Waals surface area contributed by atoms with E-state index in [1.807, 2.05) is 12.1 Å². The predicted molar refractivity (Wildman–Crippen MR) is 77.1 cm³/mol. The fourth-order valence-corrected chi connectivity index (χ4v) is 2.34. The number of carbonyl (C=O) groups excluding carboxylic acids is 1. The van der Waals surface area contributed by atoms with Gasteiger partial charge in [-0.15, -0.1) is 0 Å². The minimum Gasteiger partial charge on any atom is -0.492 e. The Morgan fingerprint density at radius 1 is 1.55 bits per heavy atom. The first-order chi connectivity index (χ1) is 9.69. The normalized spacial score (nSPS) is 18.1. The minimum absolute atomic E-state index is 0.101. The molecule has 1 aromatic rings. The molecular formula is C14H19ClN2O3. The van der Waals surface area contributed by atoms with Crippen LogP contribution in [-0.2, 0) is 0 Å². The van der Waals surface area contributed by atoms with E-state index in [-0.39, 0.29) is 18.6 Å². The summed E-state index contributed by atoms with van der Waals surface area (Å²) in [5.74, 6) is 0.900. The number of hydrogen-bond donors (Lipinski definition) is 2. The van der Waals surface area contributed by atoms with Crippen LogP contribution < -0.4 is 10.1 Å². The molecule has 1 aliphatic heterocycles. The third-order valence-corrected chi connectivity index (χ3v) is 3.51. The maximum atomic E-state index is 11.8. The molecule has 2 amide bonds. The number of benzene rings is 1. The Bertz CT molecular complexity index is 456. The van der Waals surface area contributed by atoms with Crippen LogP contribution in [0.1, 0.15) is 6.42 Å². The summed E-state index contributed by atoms with van der Waals surface area (Å²) >= 11 is 5.84. The number of carbonyl (C=O) groups is 1. The lowest BCUT2D eigenvalue weighted by Gasteiger charge is -2.17. The van der Waals surface area contributed by atoms with E-state index >= 15 is 0 Å². The summed E-state index contributed by atoms with van der Waals surface area (Å²) in [5.41, 5.74) is 0. The number of nitrogens with zero attached hydrogens (tertiary/aromatic N) is 1. The van der Waals surface area contributed by atoms with Crippen LogP contribution in [0, 0.1) is 5.92 Å². The fraction of sp³-hybridized carbons (Fsp3) is 0.500. The molecular weight excluding hydrogens is 280 g/mol. The van der Waals surface area contributed by atoms with Crippen LogP contribution in [0.25, 0.3) is 0 Å². The molecule has 0 spiro atoms. The van der Waals surface area contributed by atoms with Gasteiger partial charge in [-0.3, -0.25) is 0 Å². The first-order valence-corrected chi connectivity index (χ1v) is 7.09. The Balaban J connectivity index is 1.65. The van der Waals surface area contributed by atoms with Gasteiger partial charge in [-0.25, -0.2) is 4.79 Å². The van der Waals surface area contributed by atoms with Gasteiger partial charge in [0.25, 0.3) is 0 Å². The quantitative estimate of drug-likeness (QED) is 0.814. The van der Waals surface area contributed by atoms with Crippen molar-refractivity contribution in [2.45, 2.75) is 6.42 Å². The maximum absolute atomic E-state index is 11.8. The highest BCUT2D eigenvalue weighted by atomic mass is 35.5. The van der Waals surface area contributed by atoms with Crippen molar-refractivity contribution in [2.24, 2.45) is 5.92 Å². The van der Waals surface area contributed by atoms with Crippen LogP contribution in [-0.4, -0.2) is 48.9 Å². The van der Waals surface area contributed by atoms with E-state index in [0.717, 1.165) is 6.42 Å². The summed E-state index contributed by atoms with van der Waals surface area (Å²) in [6.45, 7) is 2.29. The molecule has 20 heavy (non-hydrogen) atoms. The lowest BCUT2D eigenvalue weighted by atomic mass is 10.1. The molecule has 110 valence electrons. The van der Waals surface area contributed by atoms with Gasteiger partial charge in [0, 0.05) is 30.6 Å². The average molecular weight is 299 g/mol. The van der Waals surface area contributed by atoms with E-state index in [2.05, 4.69) is 5.32 Å². The van der Waals surface area contributed by atoms with Crippen LogP contribution >= 0.6 is 11.6 Å². The Morgan fingerprint density at radius 3 is 3.10 bits per heavy atom. The second-order valence-electron chi connectivity index (χ2n) is 4.82. The molecule has 0 saturated carbocycles. The molecule has 0 radical (unpaired) electrons. The highest BCUT2D eigenvalue weighted by molar-refractivity contribution is 6.30. The van der Waals surface area contributed by atoms with Gasteiger partial charge >= 0.3 is 6.03 Å². The van der Waals surface area contributed by atoms with Crippen LogP contribution in [0.3, 0.4) is 0 Å². The summed E-state index contributed by atoms with van der Waals surface area (Å²) in [6, 6.07) is 7.04. The minimum atomic E-state index is -0.101. The largest absolute Gasteiger partial charge is 0.492 e. The van der Waals surface area contributed by atoms with Gasteiger partial charge in [0.1, 0.15) is 12.4 Å². The average Bonchev–Trinajstić information content (AvgIpc) is 2.92. The number of rotatable bonds is 5. The second-order valence-corrected chi connectivity index (χ2v) is 5.26. The zero-order valence-corrected chi connectivity index (χ0v) is 12.0. The van der Waals surface area contributed by atoms with Gasteiger partial charge < -0.3 is 20.1 Å². The van der Waals surface area contributed by atoms with E-state index in [0.29, 0.717) is 37.0 Å². The van der Waals surface area contributed by atoms with Gasteiger partial charge in [-0.2, -0.15) is 0 Å². The third-order valence-electron chi connectivity index (χ3n) is 3.27. The Morgan fingerprint density at radius 2 is 2.40 bits per heavy atom. The standard InChI is InChI=1S/C14H19ClN2O3/c15-12-2-1-3-13(8-12)20-7-5-16-14(19)17-6-4-11(9-17)10-18/h1-3,8,11,18H,4-7,9-10H2,(H,16,19). The van der Waals surface area contributed by atoms with Crippen LogP contribution in [0.2, 0.25) is 5.02 Å². The molecule has 1 aromatic carbocycles. The number of aliphatic hydroxyl groups is 1. The molecule has 5 nitrogen and oxygen atoms in total. The van der Waals surface area contributed by atoms with Gasteiger partial charge in [-0.05, 0) is 24.6 Å². The zero-order chi connectivity index (χ0) is 14.4. The lowest BCUT2D eigenvalue weighted by Crippen LogP contribution is -2.40. The number of likely N-dealkylation sites (tertiary alicyclic amines) is 1. The molecule has 1 fully saturated rings. The van der Waals surface area contributed by atoms with Crippen molar-refractivity contribution in [3.8, 4) is 5.75 Å². The Kier molecular flexibility index (Phi) is 5.49. The van der Waals surface area contributed by atoms with Crippen molar-refractivity contribution >= 4 is 17.6 Å². The molecule has 0 aromatic heterocycles. The number of hydrogen-bond acceptors (Lipinski definition) is 3. The molecule has 2 N–H and O–H groups in total. The molecule has 6 heteroatoms. The second kappa shape index (κ2) is 7.36. The SMILES string of the molecule is O=C(NCCOc1cccc(Cl)c1)N1CCC(CO)C1. The molecule has 1 unspecified atom stereocenters. The van der Waals surface area contributed by atoms with Gasteiger partial charge in [0.2, 0.25) is 0 Å². The van der Waals surface area contributed by atoms with Crippen molar-refractivity contribution in [2.75, 3.05) is 32.8 Å². The third kappa shape index (κ3) is 4.28. The topological polar surface area (TPSA) is 61.8 Å². The highest BCUT2D eigenvalue weighted by Crippen LogP contribution is 2.17. The molecule has 2 rings (SSSR count). The molecule has 1 atom stereocenters. The summed E-state index contributed by atoms with van der Waals surface area (Å²) in [4.78, 5) is 13.6. The molecule has 1 aliphatic rings. The first kappa shape index (κ1) is 14.9. The monoisotopic (exact) mass is 298 g/mol. The van der Waals surface area contributed by atoms with Crippen molar-refractivity contribution in [1.29, 1.82) is 0 Å². The molecule has 1 heterocycles. The first-order valence-electron chi connectivity index (χ1n) is 6.71. The summed E-state index contributed by atoms with van der Waals surface area (Å²) < 4.78 is 5.48. The van der Waals surface area contributed by atoms with Gasteiger partial charge in [0.15, 0.2) is 0 Å². The highest BCUT2D eigenvalue weighted by Gasteiger charge is 2.25. The Labute approximate surface area is 123 Å². The number of nitrogens with one attached hydrogen (secondary N) is 1. The van der Waals surface area contributed by atoms with Crippen molar-refractivity contribution in [3.63, 3.8) is 0 Å². The number of halogens is 1. The van der Waals surface area contributed by atoms with Crippen molar-refractivity contribution < 1.29 is 14.6 Å². The fourth-order valence-electron chi connectivity index (χ4n) is 2.16. The predicted octanol–water partition coefficient (Wildman–Crippen LogP) is 1.74. The van der Waals surface area contributed by atoms with Crippen LogP contribution in [0.15, 0.2) is 24.3 Å². The molecule has 1 saturated heterocycles. The van der Waals surface area contributed by atoms with Crippen molar-refractivity contribution in [3.05, 3.63) is 29.3 Å². The van der Waals surface area contributed by atoms with Gasteiger partial charge in [0.05, 0.1) is 6.54 Å². The molecule has 0 bridgehead atoms. The smallest absolute Gasteiger partial charge is 0.317 e.